The zero-order valence-electron chi connectivity index (χ0n) is 18.5. The van der Waals surface area contributed by atoms with Crippen LogP contribution in [0.3, 0.4) is 0 Å². The number of hydrogen-bond acceptors (Lipinski definition) is 6. The highest BCUT2D eigenvalue weighted by molar-refractivity contribution is 7.89. The maximum absolute atomic E-state index is 12.7. The number of nitrogens with one attached hydrogen (secondary N) is 2. The number of carboxylic acid groups (broad SMARTS) is 1. The number of sulfonamides is 1. The van der Waals surface area contributed by atoms with Crippen LogP contribution in [0.4, 0.5) is 5.69 Å². The molecule has 0 aliphatic heterocycles. The van der Waals surface area contributed by atoms with Crippen molar-refractivity contribution < 1.29 is 28.0 Å². The number of carbonyl (C=O) groups is 2. The molecule has 10 nitrogen and oxygen atoms in total. The van der Waals surface area contributed by atoms with E-state index in [-0.39, 0.29) is 30.0 Å². The van der Waals surface area contributed by atoms with E-state index in [2.05, 4.69) is 10.0 Å². The van der Waals surface area contributed by atoms with Gasteiger partial charge in [0, 0.05) is 25.1 Å². The predicted molar refractivity (Wildman–Crippen MR) is 128 cm³/mol. The molecule has 0 saturated heterocycles. The molecule has 11 heteroatoms. The summed E-state index contributed by atoms with van der Waals surface area (Å²) in [4.78, 5) is 33.8. The fraction of sp³-hybridized carbons (Fsp3) is 0.167. The van der Waals surface area contributed by atoms with E-state index < -0.39 is 32.9 Å². The molecule has 0 unspecified atom stereocenters. The van der Waals surface area contributed by atoms with Crippen molar-refractivity contribution >= 4 is 27.6 Å². The number of aliphatic carboxylic acids is 1. The molecule has 0 saturated carbocycles. The maximum atomic E-state index is 12.7. The molecule has 0 aliphatic carbocycles. The fourth-order valence-corrected chi connectivity index (χ4v) is 4.47. The molecule has 3 aromatic carbocycles. The van der Waals surface area contributed by atoms with Crippen LogP contribution in [0.1, 0.15) is 18.4 Å². The summed E-state index contributed by atoms with van der Waals surface area (Å²) in [5.41, 5.74) is 2.27. The number of non-ortho nitro benzene ring substituents is 1. The molecule has 0 aliphatic rings. The summed E-state index contributed by atoms with van der Waals surface area (Å²) in [5.74, 6) is -1.89. The van der Waals surface area contributed by atoms with E-state index in [1.54, 1.807) is 12.1 Å². The average Bonchev–Trinajstić information content (AvgIpc) is 2.86. The number of nitrogens with zero attached hydrogens (tertiary/aromatic N) is 1. The number of carboxylic acids is 1. The van der Waals surface area contributed by atoms with Crippen LogP contribution in [0.15, 0.2) is 83.8 Å². The maximum Gasteiger partial charge on any atom is 0.321 e. The SMILES string of the molecule is O=C(CC[C@H](NS(=O)(=O)c1ccc(-c2ccccc2)cc1)C(=O)O)NCc1ccc([N+](=O)[O-])cc1. The second-order valence-electron chi connectivity index (χ2n) is 7.64. The molecule has 0 aromatic heterocycles. The molecule has 1 amide bonds. The molecule has 0 spiro atoms. The third kappa shape index (κ3) is 7.19. The third-order valence-electron chi connectivity index (χ3n) is 5.16. The zero-order chi connectivity index (χ0) is 25.4. The lowest BCUT2D eigenvalue weighted by Gasteiger charge is -2.15. The highest BCUT2D eigenvalue weighted by Gasteiger charge is 2.26. The minimum absolute atomic E-state index is 0.0774. The number of nitro groups is 1. The monoisotopic (exact) mass is 497 g/mol. The number of rotatable bonds is 11. The van der Waals surface area contributed by atoms with Crippen molar-refractivity contribution in [3.8, 4) is 11.1 Å². The van der Waals surface area contributed by atoms with Crippen LogP contribution >= 0.6 is 0 Å². The topological polar surface area (TPSA) is 156 Å². The number of carbonyl (C=O) groups excluding carboxylic acids is 1. The second-order valence-corrected chi connectivity index (χ2v) is 9.36. The van der Waals surface area contributed by atoms with Gasteiger partial charge in [-0.2, -0.15) is 4.72 Å². The van der Waals surface area contributed by atoms with Gasteiger partial charge in [-0.05, 0) is 35.2 Å². The summed E-state index contributed by atoms with van der Waals surface area (Å²) in [7, 11) is -4.14. The Labute approximate surface area is 201 Å². The molecule has 0 heterocycles. The van der Waals surface area contributed by atoms with Gasteiger partial charge in [0.25, 0.3) is 5.69 Å². The lowest BCUT2D eigenvalue weighted by atomic mass is 10.1. The Balaban J connectivity index is 1.56. The van der Waals surface area contributed by atoms with Crippen molar-refractivity contribution in [2.45, 2.75) is 30.3 Å². The summed E-state index contributed by atoms with van der Waals surface area (Å²) in [6, 6.07) is 19.5. The van der Waals surface area contributed by atoms with E-state index in [9.17, 15) is 33.2 Å². The van der Waals surface area contributed by atoms with E-state index in [1.165, 1.54) is 36.4 Å². The Morgan fingerprint density at radius 1 is 0.914 bits per heavy atom. The van der Waals surface area contributed by atoms with Crippen LogP contribution < -0.4 is 10.0 Å². The Kier molecular flexibility index (Phi) is 8.29. The highest BCUT2D eigenvalue weighted by Crippen LogP contribution is 2.21. The standard InChI is InChI=1S/C24H23N3O7S/c28-23(25-16-17-6-10-20(11-7-17)27(31)32)15-14-22(24(29)30)26-35(33,34)21-12-8-19(9-13-21)18-4-2-1-3-5-18/h1-13,22,26H,14-16H2,(H,25,28)(H,29,30)/t22-/m0/s1. The van der Waals surface area contributed by atoms with E-state index in [0.29, 0.717) is 5.56 Å². The van der Waals surface area contributed by atoms with E-state index in [0.717, 1.165) is 11.1 Å². The molecule has 0 fully saturated rings. The van der Waals surface area contributed by atoms with Gasteiger partial charge in [0.1, 0.15) is 6.04 Å². The molecule has 182 valence electrons. The van der Waals surface area contributed by atoms with Crippen LogP contribution in [-0.2, 0) is 26.2 Å². The number of benzene rings is 3. The number of amides is 1. The van der Waals surface area contributed by atoms with Gasteiger partial charge in [-0.15, -0.1) is 0 Å². The Hall–Kier alpha value is -4.09. The third-order valence-corrected chi connectivity index (χ3v) is 6.65. The van der Waals surface area contributed by atoms with Crippen molar-refractivity contribution in [3.63, 3.8) is 0 Å². The predicted octanol–water partition coefficient (Wildman–Crippen LogP) is 3.09. The summed E-state index contributed by atoms with van der Waals surface area (Å²) >= 11 is 0. The van der Waals surface area contributed by atoms with Crippen LogP contribution in [0, 0.1) is 10.1 Å². The van der Waals surface area contributed by atoms with Gasteiger partial charge in [0.2, 0.25) is 15.9 Å². The van der Waals surface area contributed by atoms with Crippen LogP contribution in [0.5, 0.6) is 0 Å². The Bertz CT molecular complexity index is 1290. The lowest BCUT2D eigenvalue weighted by molar-refractivity contribution is -0.384. The van der Waals surface area contributed by atoms with Crippen LogP contribution in [-0.4, -0.2) is 36.4 Å². The molecule has 1 atom stereocenters. The van der Waals surface area contributed by atoms with E-state index in [4.69, 9.17) is 0 Å². The largest absolute Gasteiger partial charge is 0.480 e. The van der Waals surface area contributed by atoms with Crippen LogP contribution in [0.2, 0.25) is 0 Å². The molecule has 3 N–H and O–H groups in total. The normalized spacial score (nSPS) is 12.0. The number of nitro benzene ring substituents is 1. The minimum atomic E-state index is -4.14. The molecule has 0 radical (unpaired) electrons. The van der Waals surface area contributed by atoms with E-state index >= 15 is 0 Å². The summed E-state index contributed by atoms with van der Waals surface area (Å²) in [6.07, 6.45) is -0.498. The first-order chi connectivity index (χ1) is 16.7. The second kappa shape index (κ2) is 11.4. The zero-order valence-corrected chi connectivity index (χ0v) is 19.3. The van der Waals surface area contributed by atoms with Gasteiger partial charge in [-0.3, -0.25) is 19.7 Å². The first-order valence-corrected chi connectivity index (χ1v) is 12.0. The van der Waals surface area contributed by atoms with Gasteiger partial charge in [0.15, 0.2) is 0 Å². The summed E-state index contributed by atoms with van der Waals surface area (Å²) in [5, 5.41) is 22.7. The number of hydrogen-bond donors (Lipinski definition) is 3. The van der Waals surface area contributed by atoms with Crippen molar-refractivity contribution in [1.82, 2.24) is 10.0 Å². The van der Waals surface area contributed by atoms with Crippen molar-refractivity contribution in [2.24, 2.45) is 0 Å². The smallest absolute Gasteiger partial charge is 0.321 e. The molecule has 35 heavy (non-hydrogen) atoms. The molecule has 0 bridgehead atoms. The van der Waals surface area contributed by atoms with Crippen molar-refractivity contribution in [1.29, 1.82) is 0 Å². The lowest BCUT2D eigenvalue weighted by Crippen LogP contribution is -2.41. The van der Waals surface area contributed by atoms with Gasteiger partial charge in [-0.1, -0.05) is 54.6 Å². The van der Waals surface area contributed by atoms with E-state index in [1.807, 2.05) is 30.3 Å². The Morgan fingerprint density at radius 3 is 2.09 bits per heavy atom. The van der Waals surface area contributed by atoms with Gasteiger partial charge < -0.3 is 10.4 Å². The fourth-order valence-electron chi connectivity index (χ4n) is 3.25. The quantitative estimate of drug-likeness (QED) is 0.271. The molecule has 3 aromatic rings. The Morgan fingerprint density at radius 2 is 1.51 bits per heavy atom. The molecule has 3 rings (SSSR count). The summed E-state index contributed by atoms with van der Waals surface area (Å²) in [6.45, 7) is 0.0913. The van der Waals surface area contributed by atoms with Gasteiger partial charge in [0.05, 0.1) is 9.82 Å². The minimum Gasteiger partial charge on any atom is -0.480 e. The van der Waals surface area contributed by atoms with Crippen LogP contribution in [0.25, 0.3) is 11.1 Å². The van der Waals surface area contributed by atoms with Gasteiger partial charge >= 0.3 is 5.97 Å². The average molecular weight is 498 g/mol. The molecular formula is C24H23N3O7S. The van der Waals surface area contributed by atoms with Crippen molar-refractivity contribution in [3.05, 3.63) is 94.5 Å². The first kappa shape index (κ1) is 25.5. The summed E-state index contributed by atoms with van der Waals surface area (Å²) < 4.78 is 27.5. The molecular weight excluding hydrogens is 474 g/mol. The highest BCUT2D eigenvalue weighted by atomic mass is 32.2. The van der Waals surface area contributed by atoms with Gasteiger partial charge in [-0.25, -0.2) is 8.42 Å². The first-order valence-electron chi connectivity index (χ1n) is 10.6. The van der Waals surface area contributed by atoms with Crippen molar-refractivity contribution in [2.75, 3.05) is 0 Å².